The Morgan fingerprint density at radius 3 is 2.85 bits per heavy atom. The zero-order chi connectivity index (χ0) is 18.5. The number of hydrogen-bond donors (Lipinski definition) is 1. The average Bonchev–Trinajstić information content (AvgIpc) is 3.30. The molecule has 0 aliphatic heterocycles. The summed E-state index contributed by atoms with van der Waals surface area (Å²) in [6.45, 7) is 5.16. The van der Waals surface area contributed by atoms with Gasteiger partial charge >= 0.3 is 0 Å². The molecule has 0 saturated carbocycles. The number of nitrogens with zero attached hydrogens (tertiary/aromatic N) is 2. The molecule has 2 aromatic heterocycles. The maximum atomic E-state index is 12.5. The van der Waals surface area contributed by atoms with E-state index in [1.54, 1.807) is 18.3 Å². The maximum Gasteiger partial charge on any atom is 0.261 e. The van der Waals surface area contributed by atoms with Crippen molar-refractivity contribution >= 4 is 28.8 Å². The Morgan fingerprint density at radius 2 is 2.12 bits per heavy atom. The van der Waals surface area contributed by atoms with Crippen LogP contribution >= 0.6 is 22.9 Å². The van der Waals surface area contributed by atoms with Gasteiger partial charge in [0.25, 0.3) is 5.91 Å². The number of aromatic nitrogens is 2. The molecule has 3 rings (SSSR count). The molecule has 26 heavy (non-hydrogen) atoms. The Labute approximate surface area is 161 Å². The van der Waals surface area contributed by atoms with Crippen LogP contribution in [0.25, 0.3) is 0 Å². The predicted molar refractivity (Wildman–Crippen MR) is 104 cm³/mol. The highest BCUT2D eigenvalue weighted by Gasteiger charge is 2.16. The number of ether oxygens (including phenoxy) is 1. The van der Waals surface area contributed by atoms with Gasteiger partial charge in [-0.2, -0.15) is 5.10 Å². The fourth-order valence-corrected chi connectivity index (χ4v) is 3.51. The van der Waals surface area contributed by atoms with E-state index in [4.69, 9.17) is 16.3 Å². The quantitative estimate of drug-likeness (QED) is 0.637. The van der Waals surface area contributed by atoms with Gasteiger partial charge in [0.15, 0.2) is 0 Å². The molecular formula is C19H20ClN3O2S. The monoisotopic (exact) mass is 389 g/mol. The Kier molecular flexibility index (Phi) is 5.96. The van der Waals surface area contributed by atoms with E-state index in [1.807, 2.05) is 48.2 Å². The average molecular weight is 390 g/mol. The lowest BCUT2D eigenvalue weighted by Crippen LogP contribution is -2.27. The highest BCUT2D eigenvalue weighted by Crippen LogP contribution is 2.20. The molecule has 136 valence electrons. The van der Waals surface area contributed by atoms with Gasteiger partial charge in [-0.15, -0.1) is 11.3 Å². The number of carbonyl (C=O) groups excluding carboxylic acids is 1. The molecule has 0 radical (unpaired) electrons. The number of benzene rings is 1. The molecule has 3 aromatic rings. The van der Waals surface area contributed by atoms with E-state index < -0.39 is 0 Å². The Bertz CT molecular complexity index is 873. The summed E-state index contributed by atoms with van der Waals surface area (Å²) < 4.78 is 7.59. The number of carbonyl (C=O) groups is 1. The first-order chi connectivity index (χ1) is 12.6. The van der Waals surface area contributed by atoms with Crippen LogP contribution in [0, 0.1) is 0 Å². The van der Waals surface area contributed by atoms with E-state index >= 15 is 0 Å². The van der Waals surface area contributed by atoms with E-state index in [0.717, 1.165) is 23.6 Å². The van der Waals surface area contributed by atoms with Gasteiger partial charge in [0.1, 0.15) is 12.4 Å². The Balaban J connectivity index is 1.58. The van der Waals surface area contributed by atoms with Gasteiger partial charge < -0.3 is 10.1 Å². The molecule has 0 aliphatic rings. The summed E-state index contributed by atoms with van der Waals surface area (Å²) >= 11 is 7.27. The van der Waals surface area contributed by atoms with Crippen LogP contribution < -0.4 is 10.1 Å². The summed E-state index contributed by atoms with van der Waals surface area (Å²) in [6, 6.07) is 10.9. The maximum absolute atomic E-state index is 12.5. The van der Waals surface area contributed by atoms with Gasteiger partial charge in [-0.3, -0.25) is 9.48 Å². The summed E-state index contributed by atoms with van der Waals surface area (Å²) in [6.07, 6.45) is 1.75. The molecule has 1 unspecified atom stereocenters. The first-order valence-electron chi connectivity index (χ1n) is 8.35. The van der Waals surface area contributed by atoms with Crippen LogP contribution in [0.2, 0.25) is 5.02 Å². The van der Waals surface area contributed by atoms with Crippen molar-refractivity contribution in [2.45, 2.75) is 33.0 Å². The van der Waals surface area contributed by atoms with E-state index in [1.165, 1.54) is 11.3 Å². The SMILES string of the molecule is CCn1nccc1C(C)NC(=O)c1cc(COc2ccc(Cl)cc2)cs1. The molecule has 1 amide bonds. The van der Waals surface area contributed by atoms with Gasteiger partial charge in [0.05, 0.1) is 16.6 Å². The molecule has 0 saturated heterocycles. The number of rotatable bonds is 7. The van der Waals surface area contributed by atoms with Crippen LogP contribution in [-0.4, -0.2) is 15.7 Å². The molecule has 0 bridgehead atoms. The molecule has 0 aliphatic carbocycles. The Hall–Kier alpha value is -2.31. The van der Waals surface area contributed by atoms with Gasteiger partial charge in [0.2, 0.25) is 0 Å². The second kappa shape index (κ2) is 8.38. The number of amides is 1. The zero-order valence-electron chi connectivity index (χ0n) is 14.6. The molecule has 5 nitrogen and oxygen atoms in total. The fraction of sp³-hybridized carbons (Fsp3) is 0.263. The first kappa shape index (κ1) is 18.5. The van der Waals surface area contributed by atoms with Crippen LogP contribution in [-0.2, 0) is 13.2 Å². The summed E-state index contributed by atoms with van der Waals surface area (Å²) in [5.74, 6) is 0.650. The number of halogens is 1. The molecule has 0 fully saturated rings. The number of hydrogen-bond acceptors (Lipinski definition) is 4. The van der Waals surface area contributed by atoms with Crippen LogP contribution in [0.3, 0.4) is 0 Å². The minimum atomic E-state index is -0.110. The molecule has 2 heterocycles. The third kappa shape index (κ3) is 4.45. The van der Waals surface area contributed by atoms with Crippen molar-refractivity contribution in [1.29, 1.82) is 0 Å². The lowest BCUT2D eigenvalue weighted by atomic mass is 10.2. The predicted octanol–water partition coefficient (Wildman–Crippen LogP) is 4.69. The number of nitrogens with one attached hydrogen (secondary N) is 1. The molecule has 7 heteroatoms. The first-order valence-corrected chi connectivity index (χ1v) is 9.61. The van der Waals surface area contributed by atoms with Crippen LogP contribution in [0.15, 0.2) is 48.0 Å². The minimum Gasteiger partial charge on any atom is -0.489 e. The largest absolute Gasteiger partial charge is 0.489 e. The number of thiophene rings is 1. The summed E-state index contributed by atoms with van der Waals surface area (Å²) in [4.78, 5) is 13.2. The van der Waals surface area contributed by atoms with Crippen LogP contribution in [0.4, 0.5) is 0 Å². The van der Waals surface area contributed by atoms with Crippen molar-refractivity contribution in [3.63, 3.8) is 0 Å². The van der Waals surface area contributed by atoms with Crippen molar-refractivity contribution in [2.24, 2.45) is 0 Å². The van der Waals surface area contributed by atoms with Crippen molar-refractivity contribution in [1.82, 2.24) is 15.1 Å². The normalized spacial score (nSPS) is 12.0. The van der Waals surface area contributed by atoms with Crippen molar-refractivity contribution < 1.29 is 9.53 Å². The topological polar surface area (TPSA) is 56.2 Å². The van der Waals surface area contributed by atoms with E-state index in [-0.39, 0.29) is 11.9 Å². The smallest absolute Gasteiger partial charge is 0.261 e. The van der Waals surface area contributed by atoms with E-state index in [9.17, 15) is 4.79 Å². The van der Waals surface area contributed by atoms with Gasteiger partial charge in [-0.25, -0.2) is 0 Å². The molecule has 1 aromatic carbocycles. The van der Waals surface area contributed by atoms with Crippen molar-refractivity contribution in [2.75, 3.05) is 0 Å². The standard InChI is InChI=1S/C19H20ClN3O2S/c1-3-23-17(8-9-21-23)13(2)22-19(24)18-10-14(12-26-18)11-25-16-6-4-15(20)5-7-16/h4-10,12-13H,3,11H2,1-2H3,(H,22,24). The summed E-state index contributed by atoms with van der Waals surface area (Å²) in [5, 5.41) is 9.87. The summed E-state index contributed by atoms with van der Waals surface area (Å²) in [5.41, 5.74) is 1.95. The molecule has 1 atom stereocenters. The second-order valence-electron chi connectivity index (χ2n) is 5.83. The molecule has 0 spiro atoms. The van der Waals surface area contributed by atoms with Crippen molar-refractivity contribution in [3.8, 4) is 5.75 Å². The van der Waals surface area contributed by atoms with Crippen molar-refractivity contribution in [3.05, 3.63) is 69.1 Å². The third-order valence-electron chi connectivity index (χ3n) is 3.94. The fourth-order valence-electron chi connectivity index (χ4n) is 2.58. The number of aryl methyl sites for hydroxylation is 1. The van der Waals surface area contributed by atoms with E-state index in [2.05, 4.69) is 10.4 Å². The van der Waals surface area contributed by atoms with Gasteiger partial charge in [-0.05, 0) is 55.6 Å². The van der Waals surface area contributed by atoms with E-state index in [0.29, 0.717) is 16.5 Å². The lowest BCUT2D eigenvalue weighted by molar-refractivity contribution is 0.0942. The highest BCUT2D eigenvalue weighted by atomic mass is 35.5. The van der Waals surface area contributed by atoms with Crippen LogP contribution in [0.5, 0.6) is 5.75 Å². The molecule has 1 N–H and O–H groups in total. The van der Waals surface area contributed by atoms with Gasteiger partial charge in [0, 0.05) is 23.3 Å². The molecular weight excluding hydrogens is 370 g/mol. The third-order valence-corrected chi connectivity index (χ3v) is 5.17. The Morgan fingerprint density at radius 1 is 1.35 bits per heavy atom. The summed E-state index contributed by atoms with van der Waals surface area (Å²) in [7, 11) is 0. The van der Waals surface area contributed by atoms with Gasteiger partial charge in [-0.1, -0.05) is 11.6 Å². The van der Waals surface area contributed by atoms with Crippen LogP contribution in [0.1, 0.15) is 40.8 Å². The minimum absolute atomic E-state index is 0.0934. The lowest BCUT2D eigenvalue weighted by Gasteiger charge is -2.14. The second-order valence-corrected chi connectivity index (χ2v) is 7.18. The zero-order valence-corrected chi connectivity index (χ0v) is 16.2. The highest BCUT2D eigenvalue weighted by molar-refractivity contribution is 7.12.